The third kappa shape index (κ3) is 2.51. The summed E-state index contributed by atoms with van der Waals surface area (Å²) in [6.07, 6.45) is 0.820. The number of H-pyrrole nitrogens is 1. The molecule has 0 saturated carbocycles. The van der Waals surface area contributed by atoms with Crippen LogP contribution in [-0.4, -0.2) is 33.6 Å². The molecule has 0 aliphatic carbocycles. The molecule has 1 aromatic heterocycles. The third-order valence-corrected chi connectivity index (χ3v) is 4.42. The maximum atomic E-state index is 12.6. The zero-order valence-corrected chi connectivity index (χ0v) is 12.9. The van der Waals surface area contributed by atoms with Gasteiger partial charge in [0.2, 0.25) is 0 Å². The number of rotatable bonds is 2. The number of likely N-dealkylation sites (tertiary alicyclic amines) is 1. The number of aromatic nitrogens is 2. The molecule has 0 radical (unpaired) electrons. The van der Waals surface area contributed by atoms with Gasteiger partial charge in [-0.05, 0) is 38.5 Å². The summed E-state index contributed by atoms with van der Waals surface area (Å²) in [6.45, 7) is 5.89. The van der Waals surface area contributed by atoms with Crippen LogP contribution < -0.4 is 11.2 Å². The average Bonchev–Trinajstić information content (AvgIpc) is 2.87. The Kier molecular flexibility index (Phi) is 3.63. The van der Waals surface area contributed by atoms with Crippen molar-refractivity contribution in [1.82, 2.24) is 14.5 Å². The van der Waals surface area contributed by atoms with Crippen LogP contribution in [0.2, 0.25) is 5.02 Å². The molecule has 21 heavy (non-hydrogen) atoms. The van der Waals surface area contributed by atoms with Gasteiger partial charge in [-0.25, -0.2) is 4.79 Å². The Balaban J connectivity index is 2.10. The van der Waals surface area contributed by atoms with Gasteiger partial charge in [-0.15, -0.1) is 0 Å². The van der Waals surface area contributed by atoms with Gasteiger partial charge in [-0.3, -0.25) is 14.3 Å². The monoisotopic (exact) mass is 307 g/mol. The lowest BCUT2D eigenvalue weighted by molar-refractivity contribution is 0.263. The Labute approximate surface area is 127 Å². The predicted molar refractivity (Wildman–Crippen MR) is 84.2 cm³/mol. The fourth-order valence-electron chi connectivity index (χ4n) is 2.98. The minimum atomic E-state index is -0.356. The van der Waals surface area contributed by atoms with E-state index >= 15 is 0 Å². The molecule has 0 spiro atoms. The SMILES string of the molecule is CC(C)N1CCC(n2c(=O)[nH]c3cc(Cl)ccc3c2=O)C1. The zero-order chi connectivity index (χ0) is 15.1. The molecular formula is C15H18ClN3O2. The highest BCUT2D eigenvalue weighted by atomic mass is 35.5. The van der Waals surface area contributed by atoms with E-state index in [0.29, 0.717) is 22.0 Å². The molecule has 1 aromatic carbocycles. The maximum Gasteiger partial charge on any atom is 0.329 e. The Morgan fingerprint density at radius 2 is 2.10 bits per heavy atom. The normalized spacial score (nSPS) is 19.7. The molecule has 1 saturated heterocycles. The van der Waals surface area contributed by atoms with E-state index in [1.807, 2.05) is 0 Å². The van der Waals surface area contributed by atoms with Gasteiger partial charge in [0.1, 0.15) is 0 Å². The van der Waals surface area contributed by atoms with Gasteiger partial charge in [0.15, 0.2) is 0 Å². The van der Waals surface area contributed by atoms with Gasteiger partial charge in [-0.2, -0.15) is 0 Å². The van der Waals surface area contributed by atoms with Crippen molar-refractivity contribution in [2.24, 2.45) is 0 Å². The number of hydrogen-bond donors (Lipinski definition) is 1. The van der Waals surface area contributed by atoms with Gasteiger partial charge in [0.05, 0.1) is 16.9 Å². The van der Waals surface area contributed by atoms with Crippen molar-refractivity contribution in [3.8, 4) is 0 Å². The quantitative estimate of drug-likeness (QED) is 0.923. The molecule has 1 aliphatic rings. The van der Waals surface area contributed by atoms with Crippen molar-refractivity contribution in [3.63, 3.8) is 0 Å². The second-order valence-corrected chi connectivity index (χ2v) is 6.26. The Morgan fingerprint density at radius 1 is 1.33 bits per heavy atom. The summed E-state index contributed by atoms with van der Waals surface area (Å²) in [5.74, 6) is 0. The fourth-order valence-corrected chi connectivity index (χ4v) is 3.16. The predicted octanol–water partition coefficient (Wildman–Crippen LogP) is 2.00. The van der Waals surface area contributed by atoms with Gasteiger partial charge in [0, 0.05) is 24.2 Å². The minimum absolute atomic E-state index is 0.0660. The van der Waals surface area contributed by atoms with E-state index in [9.17, 15) is 9.59 Å². The average molecular weight is 308 g/mol. The molecule has 1 unspecified atom stereocenters. The lowest BCUT2D eigenvalue weighted by Crippen LogP contribution is -2.39. The lowest BCUT2D eigenvalue weighted by Gasteiger charge is -2.20. The van der Waals surface area contributed by atoms with E-state index in [0.717, 1.165) is 19.5 Å². The van der Waals surface area contributed by atoms with Crippen LogP contribution in [0.3, 0.4) is 0 Å². The largest absolute Gasteiger partial charge is 0.329 e. The number of nitrogens with zero attached hydrogens (tertiary/aromatic N) is 2. The molecule has 3 rings (SSSR count). The Hall–Kier alpha value is -1.59. The smallest absolute Gasteiger partial charge is 0.307 e. The summed E-state index contributed by atoms with van der Waals surface area (Å²) in [4.78, 5) is 29.9. The van der Waals surface area contributed by atoms with E-state index < -0.39 is 0 Å². The fraction of sp³-hybridized carbons (Fsp3) is 0.467. The van der Waals surface area contributed by atoms with Gasteiger partial charge < -0.3 is 4.98 Å². The van der Waals surface area contributed by atoms with Gasteiger partial charge >= 0.3 is 5.69 Å². The first-order valence-electron chi connectivity index (χ1n) is 7.15. The summed E-state index contributed by atoms with van der Waals surface area (Å²) < 4.78 is 1.36. The van der Waals surface area contributed by atoms with Crippen LogP contribution in [0.15, 0.2) is 27.8 Å². The molecule has 1 atom stereocenters. The summed E-state index contributed by atoms with van der Waals surface area (Å²) in [6, 6.07) is 5.30. The molecule has 1 N–H and O–H groups in total. The number of fused-ring (bicyclic) bond motifs is 1. The number of benzene rings is 1. The molecular weight excluding hydrogens is 290 g/mol. The topological polar surface area (TPSA) is 58.1 Å². The van der Waals surface area contributed by atoms with Crippen LogP contribution in [0, 0.1) is 0 Å². The minimum Gasteiger partial charge on any atom is -0.307 e. The van der Waals surface area contributed by atoms with Crippen LogP contribution in [0.4, 0.5) is 0 Å². The molecule has 1 fully saturated rings. The number of nitrogens with one attached hydrogen (secondary N) is 1. The van der Waals surface area contributed by atoms with Crippen molar-refractivity contribution in [3.05, 3.63) is 44.1 Å². The molecule has 2 aromatic rings. The van der Waals surface area contributed by atoms with E-state index in [4.69, 9.17) is 11.6 Å². The molecule has 2 heterocycles. The van der Waals surface area contributed by atoms with Crippen molar-refractivity contribution >= 4 is 22.5 Å². The van der Waals surface area contributed by atoms with Crippen LogP contribution in [-0.2, 0) is 0 Å². The van der Waals surface area contributed by atoms with Crippen molar-refractivity contribution in [1.29, 1.82) is 0 Å². The molecule has 0 bridgehead atoms. The summed E-state index contributed by atoms with van der Waals surface area (Å²) in [7, 11) is 0. The standard InChI is InChI=1S/C15H18ClN3O2/c1-9(2)18-6-5-11(8-18)19-14(20)12-4-3-10(16)7-13(12)17-15(19)21/h3-4,7,9,11H,5-6,8H2,1-2H3,(H,17,21). The second kappa shape index (κ2) is 5.31. The van der Waals surface area contributed by atoms with Gasteiger partial charge in [0.25, 0.3) is 5.56 Å². The molecule has 0 amide bonds. The number of halogens is 1. The van der Waals surface area contributed by atoms with E-state index in [-0.39, 0.29) is 17.3 Å². The summed E-state index contributed by atoms with van der Waals surface area (Å²) in [5.41, 5.74) is -0.0983. The first kappa shape index (κ1) is 14.4. The molecule has 5 nitrogen and oxygen atoms in total. The van der Waals surface area contributed by atoms with Crippen LogP contribution in [0.25, 0.3) is 10.9 Å². The zero-order valence-electron chi connectivity index (χ0n) is 12.1. The summed E-state index contributed by atoms with van der Waals surface area (Å²) >= 11 is 5.91. The molecule has 1 aliphatic heterocycles. The highest BCUT2D eigenvalue weighted by Gasteiger charge is 2.27. The van der Waals surface area contributed by atoms with Crippen LogP contribution >= 0.6 is 11.6 Å². The first-order chi connectivity index (χ1) is 9.97. The van der Waals surface area contributed by atoms with Crippen molar-refractivity contribution in [2.75, 3.05) is 13.1 Å². The van der Waals surface area contributed by atoms with E-state index in [2.05, 4.69) is 23.7 Å². The molecule has 112 valence electrons. The first-order valence-corrected chi connectivity index (χ1v) is 7.53. The van der Waals surface area contributed by atoms with E-state index in [1.54, 1.807) is 18.2 Å². The maximum absolute atomic E-state index is 12.6. The Morgan fingerprint density at radius 3 is 2.76 bits per heavy atom. The highest BCUT2D eigenvalue weighted by molar-refractivity contribution is 6.31. The Bertz CT molecular complexity index is 794. The highest BCUT2D eigenvalue weighted by Crippen LogP contribution is 2.21. The van der Waals surface area contributed by atoms with Crippen LogP contribution in [0.5, 0.6) is 0 Å². The van der Waals surface area contributed by atoms with Crippen molar-refractivity contribution < 1.29 is 0 Å². The summed E-state index contributed by atoms with van der Waals surface area (Å²) in [5, 5.41) is 1.00. The molecule has 6 heteroatoms. The van der Waals surface area contributed by atoms with Crippen molar-refractivity contribution in [2.45, 2.75) is 32.4 Å². The number of hydrogen-bond acceptors (Lipinski definition) is 3. The third-order valence-electron chi connectivity index (χ3n) is 4.18. The van der Waals surface area contributed by atoms with Gasteiger partial charge in [-0.1, -0.05) is 11.6 Å². The van der Waals surface area contributed by atoms with E-state index in [1.165, 1.54) is 4.57 Å². The second-order valence-electron chi connectivity index (χ2n) is 5.83. The van der Waals surface area contributed by atoms with Crippen LogP contribution in [0.1, 0.15) is 26.3 Å². The lowest BCUT2D eigenvalue weighted by atomic mass is 10.2. The number of aromatic amines is 1.